The number of hydrogen-bond acceptors (Lipinski definition) is 4. The van der Waals surface area contributed by atoms with Gasteiger partial charge in [0, 0.05) is 19.0 Å². The van der Waals surface area contributed by atoms with Crippen LogP contribution in [0.4, 0.5) is 0 Å². The molecule has 0 spiro atoms. The molecule has 0 bridgehead atoms. The summed E-state index contributed by atoms with van der Waals surface area (Å²) in [5, 5.41) is 3.69. The van der Waals surface area contributed by atoms with Crippen molar-refractivity contribution in [1.82, 2.24) is 14.9 Å². The van der Waals surface area contributed by atoms with Crippen molar-refractivity contribution in [1.29, 1.82) is 0 Å². The van der Waals surface area contributed by atoms with Gasteiger partial charge in [-0.1, -0.05) is 26.2 Å². The van der Waals surface area contributed by atoms with E-state index in [4.69, 9.17) is 0 Å². The molecule has 5 nitrogen and oxygen atoms in total. The fraction of sp³-hybridized carbons (Fsp3) is 0.611. The molecule has 6 heteroatoms. The number of carbonyl (C=O) groups is 1. The molecular weight excluding hydrogens is 322 g/mol. The van der Waals surface area contributed by atoms with E-state index >= 15 is 0 Å². The molecule has 0 aliphatic carbocycles. The minimum Gasteiger partial charge on any atom is -0.349 e. The maximum Gasteiger partial charge on any atom is 0.262 e. The average Bonchev–Trinajstić information content (AvgIpc) is 3.13. The highest BCUT2D eigenvalue weighted by molar-refractivity contribution is 7.20. The predicted octanol–water partition coefficient (Wildman–Crippen LogP) is 3.41. The van der Waals surface area contributed by atoms with Gasteiger partial charge in [0.05, 0.1) is 10.3 Å². The van der Waals surface area contributed by atoms with Crippen LogP contribution in [0, 0.1) is 6.92 Å². The minimum atomic E-state index is -0.0796. The largest absolute Gasteiger partial charge is 0.349 e. The van der Waals surface area contributed by atoms with E-state index in [1.807, 2.05) is 13.8 Å². The molecule has 2 aromatic rings. The zero-order valence-corrected chi connectivity index (χ0v) is 15.5. The normalized spacial score (nSPS) is 14.8. The summed E-state index contributed by atoms with van der Waals surface area (Å²) in [5.41, 5.74) is 0.782. The van der Waals surface area contributed by atoms with Gasteiger partial charge in [0.2, 0.25) is 0 Å². The molecule has 0 saturated heterocycles. The lowest BCUT2D eigenvalue weighted by Crippen LogP contribution is -2.32. The molecule has 2 aromatic heterocycles. The Bertz CT molecular complexity index is 822. The molecule has 1 aliphatic rings. The Morgan fingerprint density at radius 3 is 2.96 bits per heavy atom. The van der Waals surface area contributed by atoms with Crippen molar-refractivity contribution in [2.24, 2.45) is 0 Å². The van der Waals surface area contributed by atoms with Gasteiger partial charge in [-0.2, -0.15) is 0 Å². The summed E-state index contributed by atoms with van der Waals surface area (Å²) >= 11 is 1.35. The Balaban J connectivity index is 1.85. The molecule has 3 rings (SSSR count). The van der Waals surface area contributed by atoms with E-state index in [1.54, 1.807) is 4.57 Å². The van der Waals surface area contributed by atoms with Crippen molar-refractivity contribution < 1.29 is 4.79 Å². The molecule has 24 heavy (non-hydrogen) atoms. The van der Waals surface area contributed by atoms with Gasteiger partial charge in [0.25, 0.3) is 11.5 Å². The standard InChI is InChI=1S/C18H25N3O2S/c1-4-5-6-8-11(2)19-16(22)15-12(3)14-17(24-15)20-13-9-7-10-21(13)18(14)23/h11H,4-10H2,1-3H3,(H,19,22)/t11-/m0/s1. The first-order valence-electron chi connectivity index (χ1n) is 8.86. The van der Waals surface area contributed by atoms with Gasteiger partial charge in [-0.05, 0) is 32.3 Å². The van der Waals surface area contributed by atoms with Crippen molar-refractivity contribution >= 4 is 27.5 Å². The van der Waals surface area contributed by atoms with Crippen molar-refractivity contribution in [2.45, 2.75) is 71.9 Å². The van der Waals surface area contributed by atoms with Gasteiger partial charge < -0.3 is 5.32 Å². The summed E-state index contributed by atoms with van der Waals surface area (Å²) in [6.07, 6.45) is 6.29. The van der Waals surface area contributed by atoms with Crippen LogP contribution in [0.15, 0.2) is 4.79 Å². The summed E-state index contributed by atoms with van der Waals surface area (Å²) in [6.45, 7) is 6.81. The molecule has 3 heterocycles. The number of nitrogens with zero attached hydrogens (tertiary/aromatic N) is 2. The van der Waals surface area contributed by atoms with Crippen molar-refractivity contribution in [3.63, 3.8) is 0 Å². The summed E-state index contributed by atoms with van der Waals surface area (Å²) in [4.78, 5) is 31.2. The van der Waals surface area contributed by atoms with Gasteiger partial charge >= 0.3 is 0 Å². The lowest BCUT2D eigenvalue weighted by atomic mass is 10.1. The van der Waals surface area contributed by atoms with E-state index in [-0.39, 0.29) is 17.5 Å². The molecule has 1 atom stereocenters. The third kappa shape index (κ3) is 3.11. The highest BCUT2D eigenvalue weighted by Crippen LogP contribution is 2.28. The number of fused-ring (bicyclic) bond motifs is 2. The first kappa shape index (κ1) is 17.1. The van der Waals surface area contributed by atoms with Crippen LogP contribution in [0.1, 0.15) is 67.0 Å². The van der Waals surface area contributed by atoms with Crippen LogP contribution in [-0.4, -0.2) is 21.5 Å². The third-order valence-electron chi connectivity index (χ3n) is 4.74. The number of aryl methyl sites for hydroxylation is 2. The van der Waals surface area contributed by atoms with Crippen LogP contribution in [0.2, 0.25) is 0 Å². The fourth-order valence-corrected chi connectivity index (χ4v) is 4.45. The quantitative estimate of drug-likeness (QED) is 0.815. The summed E-state index contributed by atoms with van der Waals surface area (Å²) in [6, 6.07) is 0.146. The molecule has 0 aromatic carbocycles. The zero-order valence-electron chi connectivity index (χ0n) is 14.6. The van der Waals surface area contributed by atoms with Gasteiger partial charge in [-0.25, -0.2) is 4.98 Å². The van der Waals surface area contributed by atoms with Crippen LogP contribution >= 0.6 is 11.3 Å². The maximum absolute atomic E-state index is 12.7. The first-order valence-corrected chi connectivity index (χ1v) is 9.68. The number of aromatic nitrogens is 2. The van der Waals surface area contributed by atoms with Crippen LogP contribution in [0.5, 0.6) is 0 Å². The van der Waals surface area contributed by atoms with Gasteiger partial charge in [-0.15, -0.1) is 11.3 Å². The molecular formula is C18H25N3O2S. The zero-order chi connectivity index (χ0) is 17.3. The van der Waals surface area contributed by atoms with Crippen molar-refractivity contribution in [2.75, 3.05) is 0 Å². The second-order valence-corrected chi connectivity index (χ2v) is 7.69. The van der Waals surface area contributed by atoms with E-state index < -0.39 is 0 Å². The van der Waals surface area contributed by atoms with E-state index in [1.165, 1.54) is 24.2 Å². The smallest absolute Gasteiger partial charge is 0.262 e. The lowest BCUT2D eigenvalue weighted by Gasteiger charge is -2.13. The minimum absolute atomic E-state index is 0.0105. The second-order valence-electron chi connectivity index (χ2n) is 6.70. The summed E-state index contributed by atoms with van der Waals surface area (Å²) in [7, 11) is 0. The van der Waals surface area contributed by atoms with Gasteiger partial charge in [0.1, 0.15) is 10.7 Å². The maximum atomic E-state index is 12.7. The molecule has 0 unspecified atom stereocenters. The van der Waals surface area contributed by atoms with E-state index in [9.17, 15) is 9.59 Å². The second kappa shape index (κ2) is 7.05. The number of amides is 1. The van der Waals surface area contributed by atoms with Crippen LogP contribution in [0.3, 0.4) is 0 Å². The molecule has 1 N–H and O–H groups in total. The molecule has 1 aliphatic heterocycles. The monoisotopic (exact) mass is 347 g/mol. The van der Waals surface area contributed by atoms with E-state index in [0.717, 1.165) is 43.6 Å². The van der Waals surface area contributed by atoms with Crippen LogP contribution in [-0.2, 0) is 13.0 Å². The number of rotatable bonds is 6. The number of nitrogens with one attached hydrogen (secondary N) is 1. The Morgan fingerprint density at radius 1 is 1.42 bits per heavy atom. The number of hydrogen-bond donors (Lipinski definition) is 1. The molecule has 0 radical (unpaired) electrons. The van der Waals surface area contributed by atoms with Crippen molar-refractivity contribution in [3.05, 3.63) is 26.6 Å². The Labute approximate surface area is 146 Å². The van der Waals surface area contributed by atoms with E-state index in [2.05, 4.69) is 17.2 Å². The SMILES string of the molecule is CCCCC[C@H](C)NC(=O)c1sc2nc3n(c(=O)c2c1C)CCC3. The van der Waals surface area contributed by atoms with Crippen LogP contribution < -0.4 is 10.9 Å². The molecule has 0 saturated carbocycles. The Kier molecular flexibility index (Phi) is 5.04. The number of unbranched alkanes of at least 4 members (excludes halogenated alkanes) is 2. The summed E-state index contributed by atoms with van der Waals surface area (Å²) < 4.78 is 1.76. The predicted molar refractivity (Wildman–Crippen MR) is 98.0 cm³/mol. The number of thiophene rings is 1. The molecule has 0 fully saturated rings. The summed E-state index contributed by atoms with van der Waals surface area (Å²) in [5.74, 6) is 0.776. The average molecular weight is 347 g/mol. The number of carbonyl (C=O) groups excluding carboxylic acids is 1. The highest BCUT2D eigenvalue weighted by Gasteiger charge is 2.23. The van der Waals surface area contributed by atoms with Crippen LogP contribution in [0.25, 0.3) is 10.2 Å². The van der Waals surface area contributed by atoms with Gasteiger partial charge in [-0.3, -0.25) is 14.2 Å². The van der Waals surface area contributed by atoms with Crippen molar-refractivity contribution in [3.8, 4) is 0 Å². The highest BCUT2D eigenvalue weighted by atomic mass is 32.1. The molecule has 130 valence electrons. The fourth-order valence-electron chi connectivity index (χ4n) is 3.35. The van der Waals surface area contributed by atoms with E-state index in [0.29, 0.717) is 15.1 Å². The van der Waals surface area contributed by atoms with Gasteiger partial charge in [0.15, 0.2) is 0 Å². The topological polar surface area (TPSA) is 64.0 Å². The first-order chi connectivity index (χ1) is 11.5. The lowest BCUT2D eigenvalue weighted by molar-refractivity contribution is 0.0941. The Morgan fingerprint density at radius 2 is 2.21 bits per heavy atom. The third-order valence-corrected chi connectivity index (χ3v) is 5.92. The Hall–Kier alpha value is -1.69. The molecule has 1 amide bonds.